The number of carbonyl (C=O) groups is 1. The van der Waals surface area contributed by atoms with Crippen LogP contribution in [0.15, 0.2) is 24.3 Å². The summed E-state index contributed by atoms with van der Waals surface area (Å²) in [6, 6.07) is 5.96. The maximum Gasteiger partial charge on any atom is 0.243 e. The maximum absolute atomic E-state index is 12.3. The average molecular weight is 328 g/mol. The fourth-order valence-corrected chi connectivity index (χ4v) is 3.33. The van der Waals surface area contributed by atoms with E-state index in [9.17, 15) is 13.2 Å². The molecule has 0 aliphatic heterocycles. The van der Waals surface area contributed by atoms with E-state index in [1.807, 2.05) is 19.1 Å². The molecular weight excluding hydrogens is 304 g/mol. The summed E-state index contributed by atoms with van der Waals surface area (Å²) >= 11 is 0. The molecule has 1 aromatic rings. The Morgan fingerprint density at radius 2 is 1.82 bits per heavy atom. The monoisotopic (exact) mass is 328 g/mol. The number of ether oxygens (including phenoxy) is 1. The fourth-order valence-electron chi connectivity index (χ4n) is 2.16. The highest BCUT2D eigenvalue weighted by Crippen LogP contribution is 2.21. The molecule has 0 aliphatic rings. The van der Waals surface area contributed by atoms with E-state index in [2.05, 4.69) is 5.32 Å². The molecule has 0 radical (unpaired) electrons. The number of aryl methyl sites for hydroxylation is 1. The largest absolute Gasteiger partial charge is 0.383 e. The van der Waals surface area contributed by atoms with Crippen molar-refractivity contribution in [2.24, 2.45) is 0 Å². The minimum atomic E-state index is -3.58. The van der Waals surface area contributed by atoms with E-state index in [4.69, 9.17) is 4.74 Å². The number of hydrogen-bond donors (Lipinski definition) is 1. The number of methoxy groups -OCH3 is 1. The lowest BCUT2D eigenvalue weighted by molar-refractivity contribution is -0.122. The molecule has 0 saturated carbocycles. The number of sulfonamides is 1. The van der Waals surface area contributed by atoms with E-state index in [1.165, 1.54) is 0 Å². The van der Waals surface area contributed by atoms with Crippen LogP contribution in [0.4, 0.5) is 5.69 Å². The standard InChI is InChI=1S/C15H24N2O4S/c1-11-6-8-14(9-7-11)17(22(5,19)20)13(3)15(18)16-12(2)10-21-4/h6-9,12-13H,10H2,1-5H3,(H,16,18)/t12-,13+/m1/s1. The van der Waals surface area contributed by atoms with Gasteiger partial charge in [0.1, 0.15) is 6.04 Å². The smallest absolute Gasteiger partial charge is 0.243 e. The third-order valence-corrected chi connectivity index (χ3v) is 4.42. The molecule has 0 aromatic heterocycles. The summed E-state index contributed by atoms with van der Waals surface area (Å²) in [4.78, 5) is 12.3. The van der Waals surface area contributed by atoms with Crippen molar-refractivity contribution in [3.63, 3.8) is 0 Å². The molecule has 0 heterocycles. The molecule has 0 unspecified atom stereocenters. The van der Waals surface area contributed by atoms with Crippen LogP contribution < -0.4 is 9.62 Å². The van der Waals surface area contributed by atoms with Crippen LogP contribution in [-0.2, 0) is 19.6 Å². The Morgan fingerprint density at radius 3 is 2.27 bits per heavy atom. The molecule has 1 rings (SSSR count). The fraction of sp³-hybridized carbons (Fsp3) is 0.533. The molecule has 6 nitrogen and oxygen atoms in total. The number of carbonyl (C=O) groups excluding carboxylic acids is 1. The molecular formula is C15H24N2O4S. The van der Waals surface area contributed by atoms with Gasteiger partial charge in [-0.1, -0.05) is 17.7 Å². The summed E-state index contributed by atoms with van der Waals surface area (Å²) in [7, 11) is -2.04. The van der Waals surface area contributed by atoms with Gasteiger partial charge < -0.3 is 10.1 Å². The second-order valence-corrected chi connectivity index (χ2v) is 7.29. The lowest BCUT2D eigenvalue weighted by Crippen LogP contribution is -2.50. The van der Waals surface area contributed by atoms with Gasteiger partial charge in [0, 0.05) is 13.2 Å². The first-order valence-corrected chi connectivity index (χ1v) is 8.87. The molecule has 22 heavy (non-hydrogen) atoms. The highest BCUT2D eigenvalue weighted by Gasteiger charge is 2.29. The number of anilines is 1. The molecule has 0 bridgehead atoms. The second kappa shape index (κ2) is 7.60. The maximum atomic E-state index is 12.3. The highest BCUT2D eigenvalue weighted by atomic mass is 32.2. The summed E-state index contributed by atoms with van der Waals surface area (Å²) < 4.78 is 30.3. The molecule has 2 atom stereocenters. The zero-order chi connectivity index (χ0) is 16.9. The van der Waals surface area contributed by atoms with E-state index in [0.717, 1.165) is 16.1 Å². The lowest BCUT2D eigenvalue weighted by atomic mass is 10.2. The van der Waals surface area contributed by atoms with Crippen molar-refractivity contribution in [1.82, 2.24) is 5.32 Å². The van der Waals surface area contributed by atoms with E-state index < -0.39 is 16.1 Å². The number of benzene rings is 1. The molecule has 1 aromatic carbocycles. The zero-order valence-electron chi connectivity index (χ0n) is 13.7. The van der Waals surface area contributed by atoms with Crippen molar-refractivity contribution < 1.29 is 17.9 Å². The minimum absolute atomic E-state index is 0.195. The van der Waals surface area contributed by atoms with Crippen molar-refractivity contribution in [2.45, 2.75) is 32.9 Å². The first kappa shape index (κ1) is 18.4. The molecule has 7 heteroatoms. The molecule has 0 spiro atoms. The minimum Gasteiger partial charge on any atom is -0.383 e. The Bertz CT molecular complexity index is 598. The highest BCUT2D eigenvalue weighted by molar-refractivity contribution is 7.92. The van der Waals surface area contributed by atoms with E-state index in [1.54, 1.807) is 33.1 Å². The van der Waals surface area contributed by atoms with Gasteiger partial charge in [0.15, 0.2) is 0 Å². The normalized spacial score (nSPS) is 14.2. The van der Waals surface area contributed by atoms with Crippen LogP contribution in [0.1, 0.15) is 19.4 Å². The van der Waals surface area contributed by atoms with Crippen LogP contribution in [0, 0.1) is 6.92 Å². The van der Waals surface area contributed by atoms with E-state index >= 15 is 0 Å². The van der Waals surface area contributed by atoms with Crippen molar-refractivity contribution >= 4 is 21.6 Å². The number of amides is 1. The SMILES string of the molecule is COC[C@@H](C)NC(=O)[C@H](C)N(c1ccc(C)cc1)S(C)(=O)=O. The van der Waals surface area contributed by atoms with Crippen molar-refractivity contribution in [1.29, 1.82) is 0 Å². The first-order chi connectivity index (χ1) is 10.2. The van der Waals surface area contributed by atoms with Crippen LogP contribution >= 0.6 is 0 Å². The number of nitrogens with one attached hydrogen (secondary N) is 1. The Kier molecular flexibility index (Phi) is 6.37. The van der Waals surface area contributed by atoms with Crippen molar-refractivity contribution in [3.05, 3.63) is 29.8 Å². The van der Waals surface area contributed by atoms with Gasteiger partial charge in [-0.15, -0.1) is 0 Å². The summed E-state index contributed by atoms with van der Waals surface area (Å²) in [5.41, 5.74) is 1.48. The van der Waals surface area contributed by atoms with Gasteiger partial charge in [-0.3, -0.25) is 9.10 Å². The van der Waals surface area contributed by atoms with Gasteiger partial charge in [-0.2, -0.15) is 0 Å². The lowest BCUT2D eigenvalue weighted by Gasteiger charge is -2.29. The second-order valence-electron chi connectivity index (χ2n) is 5.44. The zero-order valence-corrected chi connectivity index (χ0v) is 14.5. The molecule has 1 amide bonds. The van der Waals surface area contributed by atoms with Crippen LogP contribution in [0.25, 0.3) is 0 Å². The molecule has 0 fully saturated rings. The van der Waals surface area contributed by atoms with Crippen molar-refractivity contribution in [3.8, 4) is 0 Å². The Hall–Kier alpha value is -1.60. The summed E-state index contributed by atoms with van der Waals surface area (Å²) in [5, 5.41) is 2.74. The van der Waals surface area contributed by atoms with E-state index in [0.29, 0.717) is 12.3 Å². The topological polar surface area (TPSA) is 75.7 Å². The van der Waals surface area contributed by atoms with Crippen LogP contribution in [-0.4, -0.2) is 46.4 Å². The van der Waals surface area contributed by atoms with Crippen LogP contribution in [0.2, 0.25) is 0 Å². The van der Waals surface area contributed by atoms with E-state index in [-0.39, 0.29) is 11.9 Å². The van der Waals surface area contributed by atoms with Gasteiger partial charge in [0.05, 0.1) is 18.6 Å². The van der Waals surface area contributed by atoms with Crippen LogP contribution in [0.5, 0.6) is 0 Å². The van der Waals surface area contributed by atoms with Gasteiger partial charge in [0.2, 0.25) is 15.9 Å². The number of nitrogens with zero attached hydrogens (tertiary/aromatic N) is 1. The number of rotatable bonds is 7. The number of hydrogen-bond acceptors (Lipinski definition) is 4. The van der Waals surface area contributed by atoms with Gasteiger partial charge in [-0.25, -0.2) is 8.42 Å². The summed E-state index contributed by atoms with van der Waals surface area (Å²) in [6.45, 7) is 5.64. The quantitative estimate of drug-likeness (QED) is 0.818. The Labute approximate surface area is 132 Å². The Balaban J connectivity index is 3.02. The molecule has 124 valence electrons. The molecule has 0 aliphatic carbocycles. The van der Waals surface area contributed by atoms with Crippen LogP contribution in [0.3, 0.4) is 0 Å². The molecule has 1 N–H and O–H groups in total. The summed E-state index contributed by atoms with van der Waals surface area (Å²) in [5.74, 6) is -0.365. The predicted octanol–water partition coefficient (Wildman–Crippen LogP) is 1.30. The predicted molar refractivity (Wildman–Crippen MR) is 87.4 cm³/mol. The summed E-state index contributed by atoms with van der Waals surface area (Å²) in [6.07, 6.45) is 1.09. The Morgan fingerprint density at radius 1 is 1.27 bits per heavy atom. The van der Waals surface area contributed by atoms with Gasteiger partial charge >= 0.3 is 0 Å². The van der Waals surface area contributed by atoms with Gasteiger partial charge in [-0.05, 0) is 32.9 Å². The first-order valence-electron chi connectivity index (χ1n) is 7.02. The molecule has 0 saturated heterocycles. The average Bonchev–Trinajstić information content (AvgIpc) is 2.39. The van der Waals surface area contributed by atoms with Gasteiger partial charge in [0.25, 0.3) is 0 Å². The van der Waals surface area contributed by atoms with Crippen molar-refractivity contribution in [2.75, 3.05) is 24.3 Å². The third-order valence-electron chi connectivity index (χ3n) is 3.18. The third kappa shape index (κ3) is 4.99.